The second-order valence-corrected chi connectivity index (χ2v) is 8.75. The highest BCUT2D eigenvalue weighted by Gasteiger charge is 2.30. The second kappa shape index (κ2) is 9.40. The molecule has 0 bridgehead atoms. The number of aromatic nitrogens is 4. The Morgan fingerprint density at radius 2 is 1.86 bits per heavy atom. The summed E-state index contributed by atoms with van der Waals surface area (Å²) in [5.41, 5.74) is 3.45. The number of methoxy groups -OCH3 is 2. The standard InChI is InChI=1S/C26H29N5O4/c1-5-35-25(32)17-7-6-10-30(15-17)26-27-22-9-8-16(2)11-21(22)24-29-28-23(31(24)26)18-12-19(33-3)14-20(13-18)34-4/h8-9,11-14,17H,5-7,10,15H2,1-4H3/t17-/m1/s1. The van der Waals surface area contributed by atoms with Crippen LogP contribution in [0.25, 0.3) is 27.9 Å². The molecule has 0 aliphatic carbocycles. The van der Waals surface area contributed by atoms with Crippen LogP contribution in [0.5, 0.6) is 11.5 Å². The number of esters is 1. The molecule has 1 fully saturated rings. The first-order valence-corrected chi connectivity index (χ1v) is 11.8. The molecular weight excluding hydrogens is 446 g/mol. The molecular formula is C26H29N5O4. The summed E-state index contributed by atoms with van der Waals surface area (Å²) in [5.74, 6) is 2.27. The van der Waals surface area contributed by atoms with Crippen molar-refractivity contribution >= 4 is 28.5 Å². The number of carbonyl (C=O) groups excluding carboxylic acids is 1. The fourth-order valence-corrected chi connectivity index (χ4v) is 4.68. The maximum atomic E-state index is 12.5. The molecule has 2 aromatic carbocycles. The molecule has 0 radical (unpaired) electrons. The molecule has 9 heteroatoms. The largest absolute Gasteiger partial charge is 0.497 e. The average Bonchev–Trinajstić information content (AvgIpc) is 3.34. The molecule has 0 saturated carbocycles. The quantitative estimate of drug-likeness (QED) is 0.386. The number of benzene rings is 2. The van der Waals surface area contributed by atoms with E-state index in [1.165, 1.54) is 0 Å². The molecule has 182 valence electrons. The monoisotopic (exact) mass is 475 g/mol. The van der Waals surface area contributed by atoms with Crippen molar-refractivity contribution in [2.45, 2.75) is 26.7 Å². The van der Waals surface area contributed by atoms with Gasteiger partial charge in [-0.3, -0.25) is 4.79 Å². The predicted molar refractivity (Wildman–Crippen MR) is 133 cm³/mol. The summed E-state index contributed by atoms with van der Waals surface area (Å²) in [5, 5.41) is 10.1. The highest BCUT2D eigenvalue weighted by Crippen LogP contribution is 2.34. The normalized spacial score (nSPS) is 16.0. The van der Waals surface area contributed by atoms with E-state index in [0.717, 1.165) is 41.4 Å². The molecule has 1 aliphatic heterocycles. The third-order valence-corrected chi connectivity index (χ3v) is 6.41. The average molecular weight is 476 g/mol. The number of anilines is 1. The van der Waals surface area contributed by atoms with E-state index in [9.17, 15) is 4.79 Å². The first-order valence-electron chi connectivity index (χ1n) is 11.8. The molecule has 0 unspecified atom stereocenters. The Bertz CT molecular complexity index is 1380. The van der Waals surface area contributed by atoms with Gasteiger partial charge >= 0.3 is 5.97 Å². The van der Waals surface area contributed by atoms with Crippen molar-refractivity contribution in [3.8, 4) is 22.9 Å². The van der Waals surface area contributed by atoms with Crippen LogP contribution in [-0.4, -0.2) is 59.5 Å². The van der Waals surface area contributed by atoms with E-state index < -0.39 is 0 Å². The second-order valence-electron chi connectivity index (χ2n) is 8.75. The number of fused-ring (bicyclic) bond motifs is 3. The van der Waals surface area contributed by atoms with Crippen LogP contribution < -0.4 is 14.4 Å². The van der Waals surface area contributed by atoms with E-state index in [1.54, 1.807) is 14.2 Å². The van der Waals surface area contributed by atoms with Gasteiger partial charge in [-0.25, -0.2) is 9.38 Å². The topological polar surface area (TPSA) is 91.1 Å². The minimum atomic E-state index is -0.203. The maximum Gasteiger partial charge on any atom is 0.310 e. The van der Waals surface area contributed by atoms with Gasteiger partial charge in [-0.15, -0.1) is 10.2 Å². The Kier molecular flexibility index (Phi) is 6.15. The van der Waals surface area contributed by atoms with Gasteiger partial charge in [0, 0.05) is 30.1 Å². The molecule has 1 saturated heterocycles. The Balaban J connectivity index is 1.72. The molecule has 0 N–H and O–H groups in total. The highest BCUT2D eigenvalue weighted by molar-refractivity contribution is 5.94. The van der Waals surface area contributed by atoms with Gasteiger partial charge in [-0.2, -0.15) is 0 Å². The maximum absolute atomic E-state index is 12.5. The van der Waals surface area contributed by atoms with E-state index in [-0.39, 0.29) is 11.9 Å². The van der Waals surface area contributed by atoms with E-state index in [1.807, 2.05) is 48.6 Å². The molecule has 1 atom stereocenters. The summed E-state index contributed by atoms with van der Waals surface area (Å²) in [4.78, 5) is 19.7. The van der Waals surface area contributed by atoms with Crippen LogP contribution >= 0.6 is 0 Å². The van der Waals surface area contributed by atoms with Gasteiger partial charge in [0.2, 0.25) is 5.95 Å². The van der Waals surface area contributed by atoms with E-state index in [4.69, 9.17) is 19.2 Å². The number of hydrogen-bond donors (Lipinski definition) is 0. The van der Waals surface area contributed by atoms with Gasteiger partial charge in [-0.1, -0.05) is 11.6 Å². The molecule has 3 heterocycles. The van der Waals surface area contributed by atoms with Crippen LogP contribution in [0.3, 0.4) is 0 Å². The van der Waals surface area contributed by atoms with Crippen molar-refractivity contribution in [3.63, 3.8) is 0 Å². The lowest BCUT2D eigenvalue weighted by Gasteiger charge is -2.32. The van der Waals surface area contributed by atoms with Gasteiger partial charge in [0.1, 0.15) is 11.5 Å². The van der Waals surface area contributed by atoms with Crippen LogP contribution in [0.15, 0.2) is 36.4 Å². The molecule has 35 heavy (non-hydrogen) atoms. The van der Waals surface area contributed by atoms with E-state index >= 15 is 0 Å². The van der Waals surface area contributed by atoms with Crippen molar-refractivity contribution < 1.29 is 19.0 Å². The number of hydrogen-bond acceptors (Lipinski definition) is 8. The fourth-order valence-electron chi connectivity index (χ4n) is 4.68. The summed E-state index contributed by atoms with van der Waals surface area (Å²) in [6.45, 7) is 5.55. The minimum absolute atomic E-state index is 0.161. The Hall–Kier alpha value is -3.88. The first-order chi connectivity index (χ1) is 17.0. The van der Waals surface area contributed by atoms with Crippen LogP contribution in [0.2, 0.25) is 0 Å². The van der Waals surface area contributed by atoms with Crippen LogP contribution in [0, 0.1) is 12.8 Å². The number of ether oxygens (including phenoxy) is 3. The van der Waals surface area contributed by atoms with Crippen molar-refractivity contribution in [3.05, 3.63) is 42.0 Å². The van der Waals surface area contributed by atoms with Crippen LogP contribution in [0.4, 0.5) is 5.95 Å². The van der Waals surface area contributed by atoms with Crippen LogP contribution in [-0.2, 0) is 9.53 Å². The third-order valence-electron chi connectivity index (χ3n) is 6.41. The highest BCUT2D eigenvalue weighted by atomic mass is 16.5. The zero-order valence-corrected chi connectivity index (χ0v) is 20.4. The molecule has 1 aliphatic rings. The van der Waals surface area contributed by atoms with Crippen molar-refractivity contribution in [2.24, 2.45) is 5.92 Å². The number of carbonyl (C=O) groups is 1. The predicted octanol–water partition coefficient (Wildman–Crippen LogP) is 4.05. The summed E-state index contributed by atoms with van der Waals surface area (Å²) in [6, 6.07) is 11.7. The smallest absolute Gasteiger partial charge is 0.310 e. The molecule has 5 rings (SSSR count). The zero-order valence-electron chi connectivity index (χ0n) is 20.4. The third kappa shape index (κ3) is 4.22. The lowest BCUT2D eigenvalue weighted by Crippen LogP contribution is -2.40. The minimum Gasteiger partial charge on any atom is -0.497 e. The molecule has 0 spiro atoms. The summed E-state index contributed by atoms with van der Waals surface area (Å²) in [7, 11) is 3.24. The van der Waals surface area contributed by atoms with Crippen molar-refractivity contribution in [1.82, 2.24) is 19.6 Å². The SMILES string of the molecule is CCOC(=O)[C@@H]1CCCN(c2nc3ccc(C)cc3c3nnc(-c4cc(OC)cc(OC)c4)n23)C1. The Morgan fingerprint density at radius 3 is 2.57 bits per heavy atom. The Labute approximate surface area is 203 Å². The van der Waals surface area contributed by atoms with Gasteiger partial charge in [0.15, 0.2) is 11.5 Å². The van der Waals surface area contributed by atoms with Gasteiger partial charge in [0.25, 0.3) is 0 Å². The summed E-state index contributed by atoms with van der Waals surface area (Å²) in [6.07, 6.45) is 1.66. The Morgan fingerprint density at radius 1 is 1.09 bits per heavy atom. The number of piperidine rings is 1. The lowest BCUT2D eigenvalue weighted by molar-refractivity contribution is -0.148. The first kappa shape index (κ1) is 22.9. The fraction of sp³-hybridized carbons (Fsp3) is 0.385. The molecule has 0 amide bonds. The lowest BCUT2D eigenvalue weighted by atomic mass is 9.98. The van der Waals surface area contributed by atoms with Crippen molar-refractivity contribution in [2.75, 3.05) is 38.8 Å². The van der Waals surface area contributed by atoms with E-state index in [0.29, 0.717) is 42.1 Å². The number of nitrogens with zero attached hydrogens (tertiary/aromatic N) is 5. The van der Waals surface area contributed by atoms with Crippen LogP contribution in [0.1, 0.15) is 25.3 Å². The van der Waals surface area contributed by atoms with Gasteiger partial charge in [0.05, 0.1) is 32.3 Å². The van der Waals surface area contributed by atoms with E-state index in [2.05, 4.69) is 21.2 Å². The summed E-state index contributed by atoms with van der Waals surface area (Å²) >= 11 is 0. The number of aryl methyl sites for hydroxylation is 1. The molecule has 2 aromatic heterocycles. The molecule has 4 aromatic rings. The van der Waals surface area contributed by atoms with Gasteiger partial charge in [-0.05, 0) is 51.0 Å². The summed E-state index contributed by atoms with van der Waals surface area (Å²) < 4.78 is 18.3. The zero-order chi connectivity index (χ0) is 24.5. The number of rotatable bonds is 6. The van der Waals surface area contributed by atoms with Crippen molar-refractivity contribution in [1.29, 1.82) is 0 Å². The molecule has 9 nitrogen and oxygen atoms in total. The van der Waals surface area contributed by atoms with Gasteiger partial charge < -0.3 is 19.1 Å².